The van der Waals surface area contributed by atoms with E-state index >= 15 is 0 Å². The molecule has 0 saturated heterocycles. The molecule has 1 saturated carbocycles. The third-order valence-corrected chi connectivity index (χ3v) is 5.34. The molecule has 1 aliphatic rings. The third kappa shape index (κ3) is 7.27. The standard InChI is InChI=1S/C15H30N2O3S/c1-13(2)9-11-16-15(18)10-12-17(21(3,19)20)14-7-5-4-6-8-14/h13-14H,4-12H2,1-3H3,(H,16,18). The van der Waals surface area contributed by atoms with Crippen LogP contribution in [0.1, 0.15) is 58.8 Å². The van der Waals surface area contributed by atoms with Crippen LogP contribution in [-0.4, -0.2) is 44.0 Å². The van der Waals surface area contributed by atoms with Crippen molar-refractivity contribution >= 4 is 15.9 Å². The van der Waals surface area contributed by atoms with Crippen LogP contribution in [0.15, 0.2) is 0 Å². The van der Waals surface area contributed by atoms with Gasteiger partial charge in [-0.15, -0.1) is 0 Å². The van der Waals surface area contributed by atoms with Crippen molar-refractivity contribution in [2.24, 2.45) is 5.92 Å². The Bertz CT molecular complexity index is 415. The molecule has 0 aliphatic heterocycles. The van der Waals surface area contributed by atoms with Gasteiger partial charge in [0.25, 0.3) is 0 Å². The maximum Gasteiger partial charge on any atom is 0.221 e. The first-order valence-electron chi connectivity index (χ1n) is 8.04. The summed E-state index contributed by atoms with van der Waals surface area (Å²) in [7, 11) is -3.24. The molecular weight excluding hydrogens is 288 g/mol. The summed E-state index contributed by atoms with van der Waals surface area (Å²) in [5.74, 6) is 0.500. The first-order chi connectivity index (χ1) is 9.80. The maximum absolute atomic E-state index is 11.9. The van der Waals surface area contributed by atoms with Crippen LogP contribution >= 0.6 is 0 Å². The number of hydrogen-bond acceptors (Lipinski definition) is 3. The lowest BCUT2D eigenvalue weighted by atomic mass is 9.95. The minimum Gasteiger partial charge on any atom is -0.356 e. The van der Waals surface area contributed by atoms with E-state index in [9.17, 15) is 13.2 Å². The van der Waals surface area contributed by atoms with E-state index < -0.39 is 10.0 Å². The molecule has 0 heterocycles. The fraction of sp³-hybridized carbons (Fsp3) is 0.933. The zero-order valence-electron chi connectivity index (χ0n) is 13.6. The van der Waals surface area contributed by atoms with E-state index in [-0.39, 0.29) is 18.4 Å². The number of carbonyl (C=O) groups is 1. The molecule has 0 unspecified atom stereocenters. The van der Waals surface area contributed by atoms with E-state index in [1.807, 2.05) is 0 Å². The fourth-order valence-electron chi connectivity index (χ4n) is 2.79. The number of nitrogens with one attached hydrogen (secondary N) is 1. The molecule has 0 bridgehead atoms. The summed E-state index contributed by atoms with van der Waals surface area (Å²) in [5, 5.41) is 2.86. The molecule has 5 nitrogen and oxygen atoms in total. The van der Waals surface area contributed by atoms with Crippen LogP contribution in [0.3, 0.4) is 0 Å². The Morgan fingerprint density at radius 1 is 1.24 bits per heavy atom. The monoisotopic (exact) mass is 318 g/mol. The van der Waals surface area contributed by atoms with Crippen LogP contribution in [0.5, 0.6) is 0 Å². The highest BCUT2D eigenvalue weighted by Crippen LogP contribution is 2.24. The van der Waals surface area contributed by atoms with Crippen molar-refractivity contribution in [3.8, 4) is 0 Å². The van der Waals surface area contributed by atoms with Gasteiger partial charge < -0.3 is 5.32 Å². The van der Waals surface area contributed by atoms with Crippen molar-refractivity contribution in [3.63, 3.8) is 0 Å². The molecule has 0 spiro atoms. The fourth-order valence-corrected chi connectivity index (χ4v) is 3.96. The Morgan fingerprint density at radius 3 is 2.38 bits per heavy atom. The van der Waals surface area contributed by atoms with Crippen LogP contribution in [0.25, 0.3) is 0 Å². The Morgan fingerprint density at radius 2 is 1.86 bits per heavy atom. The quantitative estimate of drug-likeness (QED) is 0.745. The summed E-state index contributed by atoms with van der Waals surface area (Å²) in [6.07, 6.45) is 7.63. The van der Waals surface area contributed by atoms with Crippen molar-refractivity contribution in [1.29, 1.82) is 0 Å². The molecule has 0 aromatic heterocycles. The summed E-state index contributed by atoms with van der Waals surface area (Å²) >= 11 is 0. The van der Waals surface area contributed by atoms with Crippen LogP contribution < -0.4 is 5.32 Å². The van der Waals surface area contributed by atoms with Gasteiger partial charge in [-0.1, -0.05) is 33.1 Å². The van der Waals surface area contributed by atoms with E-state index in [4.69, 9.17) is 0 Å². The van der Waals surface area contributed by atoms with Gasteiger partial charge >= 0.3 is 0 Å². The number of amides is 1. The molecular formula is C15H30N2O3S. The molecule has 1 amide bonds. The number of hydrogen-bond donors (Lipinski definition) is 1. The second kappa shape index (κ2) is 8.73. The SMILES string of the molecule is CC(C)CCNC(=O)CCN(C1CCCCC1)S(C)(=O)=O. The highest BCUT2D eigenvalue weighted by Gasteiger charge is 2.28. The van der Waals surface area contributed by atoms with E-state index in [0.29, 0.717) is 19.0 Å². The van der Waals surface area contributed by atoms with E-state index in [2.05, 4.69) is 19.2 Å². The van der Waals surface area contributed by atoms with Crippen molar-refractivity contribution in [3.05, 3.63) is 0 Å². The van der Waals surface area contributed by atoms with Gasteiger partial charge in [-0.05, 0) is 25.2 Å². The first-order valence-corrected chi connectivity index (χ1v) is 9.89. The van der Waals surface area contributed by atoms with Crippen LogP contribution in [0.2, 0.25) is 0 Å². The smallest absolute Gasteiger partial charge is 0.221 e. The maximum atomic E-state index is 11.9. The van der Waals surface area contributed by atoms with Gasteiger partial charge in [-0.25, -0.2) is 8.42 Å². The molecule has 0 aromatic rings. The lowest BCUT2D eigenvalue weighted by molar-refractivity contribution is -0.121. The van der Waals surface area contributed by atoms with Gasteiger partial charge in [0.1, 0.15) is 0 Å². The van der Waals surface area contributed by atoms with Crippen molar-refractivity contribution in [1.82, 2.24) is 9.62 Å². The van der Waals surface area contributed by atoms with Gasteiger partial charge in [0.05, 0.1) is 6.26 Å². The van der Waals surface area contributed by atoms with Crippen molar-refractivity contribution in [2.75, 3.05) is 19.3 Å². The zero-order valence-corrected chi connectivity index (χ0v) is 14.4. The minimum absolute atomic E-state index is 0.0555. The molecule has 1 aliphatic carbocycles. The summed E-state index contributed by atoms with van der Waals surface area (Å²) in [6, 6.07) is 0.0808. The number of sulfonamides is 1. The Kier molecular flexibility index (Phi) is 7.66. The average molecular weight is 318 g/mol. The molecule has 0 radical (unpaired) electrons. The van der Waals surface area contributed by atoms with Gasteiger partial charge in [0.2, 0.25) is 15.9 Å². The predicted molar refractivity (Wildman–Crippen MR) is 85.5 cm³/mol. The van der Waals surface area contributed by atoms with Crippen molar-refractivity contribution in [2.45, 2.75) is 64.8 Å². The predicted octanol–water partition coefficient (Wildman–Crippen LogP) is 2.13. The Hall–Kier alpha value is -0.620. The van der Waals surface area contributed by atoms with E-state index in [0.717, 1.165) is 32.1 Å². The average Bonchev–Trinajstić information content (AvgIpc) is 2.38. The number of rotatable bonds is 8. The topological polar surface area (TPSA) is 66.5 Å². The van der Waals surface area contributed by atoms with Gasteiger partial charge in [-0.3, -0.25) is 4.79 Å². The summed E-state index contributed by atoms with van der Waals surface area (Å²) in [5.41, 5.74) is 0. The van der Waals surface area contributed by atoms with Crippen molar-refractivity contribution < 1.29 is 13.2 Å². The van der Waals surface area contributed by atoms with Gasteiger partial charge in [-0.2, -0.15) is 4.31 Å². The second-order valence-corrected chi connectivity index (χ2v) is 8.38. The Balaban J connectivity index is 2.44. The molecule has 0 atom stereocenters. The van der Waals surface area contributed by atoms with Crippen LogP contribution in [0.4, 0.5) is 0 Å². The molecule has 1 rings (SSSR count). The molecule has 21 heavy (non-hydrogen) atoms. The third-order valence-electron chi connectivity index (χ3n) is 4.01. The molecule has 1 fully saturated rings. The minimum atomic E-state index is -3.24. The second-order valence-electron chi connectivity index (χ2n) is 6.45. The molecule has 6 heteroatoms. The number of carbonyl (C=O) groups excluding carboxylic acids is 1. The van der Waals surface area contributed by atoms with Gasteiger partial charge in [0, 0.05) is 25.6 Å². The lowest BCUT2D eigenvalue weighted by Crippen LogP contribution is -2.42. The van der Waals surface area contributed by atoms with Gasteiger partial charge in [0.15, 0.2) is 0 Å². The molecule has 124 valence electrons. The Labute approximate surface area is 129 Å². The lowest BCUT2D eigenvalue weighted by Gasteiger charge is -2.32. The largest absolute Gasteiger partial charge is 0.356 e. The van der Waals surface area contributed by atoms with E-state index in [1.54, 1.807) is 0 Å². The van der Waals surface area contributed by atoms with Crippen LogP contribution in [0, 0.1) is 5.92 Å². The highest BCUT2D eigenvalue weighted by molar-refractivity contribution is 7.88. The summed E-state index contributed by atoms with van der Waals surface area (Å²) in [4.78, 5) is 11.8. The highest BCUT2D eigenvalue weighted by atomic mass is 32.2. The summed E-state index contributed by atoms with van der Waals surface area (Å²) in [6.45, 7) is 5.19. The molecule has 0 aromatic carbocycles. The normalized spacial score (nSPS) is 17.4. The van der Waals surface area contributed by atoms with Crippen LogP contribution in [-0.2, 0) is 14.8 Å². The van der Waals surface area contributed by atoms with E-state index in [1.165, 1.54) is 17.0 Å². The number of nitrogens with zero attached hydrogens (tertiary/aromatic N) is 1. The zero-order chi connectivity index (χ0) is 15.9. The first kappa shape index (κ1) is 18.4. The summed E-state index contributed by atoms with van der Waals surface area (Å²) < 4.78 is 25.4. The molecule has 1 N–H and O–H groups in total.